The lowest BCUT2D eigenvalue weighted by atomic mass is 10.1. The summed E-state index contributed by atoms with van der Waals surface area (Å²) in [4.78, 5) is 17.2. The van der Waals surface area contributed by atoms with Crippen molar-refractivity contribution in [3.8, 4) is 0 Å². The molecule has 166 valence electrons. The van der Waals surface area contributed by atoms with Gasteiger partial charge < -0.3 is 10.2 Å². The van der Waals surface area contributed by atoms with E-state index >= 15 is 0 Å². The number of anilines is 1. The van der Waals surface area contributed by atoms with Gasteiger partial charge in [-0.1, -0.05) is 54.6 Å². The number of hydrogen-bond acceptors (Lipinski definition) is 3. The van der Waals surface area contributed by atoms with Crippen molar-refractivity contribution in [2.45, 2.75) is 25.9 Å². The number of amides is 1. The number of hydrogen-bond donors (Lipinski definition) is 1. The molecule has 4 nitrogen and oxygen atoms in total. The van der Waals surface area contributed by atoms with E-state index in [1.54, 1.807) is 6.07 Å². The molecule has 1 N–H and O–H groups in total. The van der Waals surface area contributed by atoms with Gasteiger partial charge in [0.15, 0.2) is 0 Å². The molecule has 32 heavy (non-hydrogen) atoms. The van der Waals surface area contributed by atoms with Crippen LogP contribution in [0.25, 0.3) is 0 Å². The average Bonchev–Trinajstić information content (AvgIpc) is 2.83. The van der Waals surface area contributed by atoms with E-state index in [1.807, 2.05) is 12.1 Å². The molecule has 0 atom stereocenters. The quantitative estimate of drug-likeness (QED) is 0.574. The molecule has 3 aromatic rings. The van der Waals surface area contributed by atoms with Gasteiger partial charge in [-0.2, -0.15) is 0 Å². The van der Waals surface area contributed by atoms with Crippen molar-refractivity contribution < 1.29 is 9.18 Å². The fourth-order valence-corrected chi connectivity index (χ4v) is 4.16. The van der Waals surface area contributed by atoms with Crippen LogP contribution >= 0.6 is 0 Å². The topological polar surface area (TPSA) is 35.6 Å². The molecule has 1 aliphatic rings. The third-order valence-corrected chi connectivity index (χ3v) is 6.01. The van der Waals surface area contributed by atoms with Crippen LogP contribution in [-0.4, -0.2) is 37.0 Å². The van der Waals surface area contributed by atoms with Gasteiger partial charge in [0.05, 0.1) is 0 Å². The Morgan fingerprint density at radius 2 is 1.56 bits per heavy atom. The van der Waals surface area contributed by atoms with E-state index in [0.29, 0.717) is 19.4 Å². The molecule has 0 aliphatic carbocycles. The number of halogens is 1. The maximum Gasteiger partial charge on any atom is 0.220 e. The third kappa shape index (κ3) is 6.17. The molecule has 0 radical (unpaired) electrons. The van der Waals surface area contributed by atoms with Crippen molar-refractivity contribution in [2.24, 2.45) is 0 Å². The molecular weight excluding hydrogens is 401 g/mol. The van der Waals surface area contributed by atoms with Crippen LogP contribution in [0.4, 0.5) is 10.1 Å². The first kappa shape index (κ1) is 22.0. The average molecular weight is 432 g/mol. The summed E-state index contributed by atoms with van der Waals surface area (Å²) in [6, 6.07) is 25.3. The summed E-state index contributed by atoms with van der Waals surface area (Å²) in [5.41, 5.74) is 4.53. The minimum Gasteiger partial charge on any atom is -0.369 e. The molecule has 1 fully saturated rings. The highest BCUT2D eigenvalue weighted by atomic mass is 19.1. The maximum atomic E-state index is 13.3. The molecule has 4 rings (SSSR count). The monoisotopic (exact) mass is 431 g/mol. The van der Waals surface area contributed by atoms with Crippen LogP contribution in [0.5, 0.6) is 0 Å². The summed E-state index contributed by atoms with van der Waals surface area (Å²) in [6.07, 6.45) is 0.893. The zero-order valence-corrected chi connectivity index (χ0v) is 18.3. The summed E-state index contributed by atoms with van der Waals surface area (Å²) in [7, 11) is 0. The lowest BCUT2D eigenvalue weighted by molar-refractivity contribution is -0.121. The second-order valence-electron chi connectivity index (χ2n) is 8.27. The first-order chi connectivity index (χ1) is 15.7. The molecule has 0 saturated carbocycles. The Bertz CT molecular complexity index is 1020. The Kier molecular flexibility index (Phi) is 7.51. The van der Waals surface area contributed by atoms with Gasteiger partial charge >= 0.3 is 0 Å². The van der Waals surface area contributed by atoms with E-state index in [9.17, 15) is 9.18 Å². The highest BCUT2D eigenvalue weighted by molar-refractivity contribution is 5.76. The Balaban J connectivity index is 1.26. The number of piperazine rings is 1. The number of aryl methyl sites for hydroxylation is 1. The van der Waals surface area contributed by atoms with Crippen LogP contribution in [0.2, 0.25) is 0 Å². The zero-order valence-electron chi connectivity index (χ0n) is 18.3. The van der Waals surface area contributed by atoms with E-state index in [0.717, 1.165) is 43.9 Å². The van der Waals surface area contributed by atoms with Crippen LogP contribution in [0.15, 0.2) is 78.9 Å². The number of benzene rings is 3. The third-order valence-electron chi connectivity index (χ3n) is 6.01. The normalized spacial score (nSPS) is 14.3. The van der Waals surface area contributed by atoms with Gasteiger partial charge in [0.2, 0.25) is 5.91 Å². The lowest BCUT2D eigenvalue weighted by Gasteiger charge is -2.36. The van der Waals surface area contributed by atoms with Gasteiger partial charge in [-0.15, -0.1) is 0 Å². The number of nitrogens with zero attached hydrogens (tertiary/aromatic N) is 2. The summed E-state index contributed by atoms with van der Waals surface area (Å²) < 4.78 is 13.3. The largest absolute Gasteiger partial charge is 0.369 e. The highest BCUT2D eigenvalue weighted by Crippen LogP contribution is 2.18. The molecule has 0 unspecified atom stereocenters. The smallest absolute Gasteiger partial charge is 0.220 e. The second kappa shape index (κ2) is 10.9. The van der Waals surface area contributed by atoms with E-state index in [1.165, 1.54) is 23.4 Å². The van der Waals surface area contributed by atoms with E-state index in [-0.39, 0.29) is 11.7 Å². The standard InChI is InChI=1S/C27H30FN3O/c28-25-10-6-7-22(19-25)13-14-27(32)29-20-23-8-4-5-9-24(23)21-30-15-17-31(18-16-30)26-11-2-1-3-12-26/h1-12,19H,13-18,20-21H2,(H,29,32). The van der Waals surface area contributed by atoms with Crippen LogP contribution in [0.1, 0.15) is 23.1 Å². The van der Waals surface area contributed by atoms with Crippen molar-refractivity contribution in [1.29, 1.82) is 0 Å². The number of carbonyl (C=O) groups excluding carboxylic acids is 1. The molecule has 0 spiro atoms. The molecule has 3 aromatic carbocycles. The molecule has 1 amide bonds. The summed E-state index contributed by atoms with van der Waals surface area (Å²) >= 11 is 0. The number of para-hydroxylation sites is 1. The Hall–Kier alpha value is -3.18. The highest BCUT2D eigenvalue weighted by Gasteiger charge is 2.18. The van der Waals surface area contributed by atoms with Crippen LogP contribution in [-0.2, 0) is 24.3 Å². The fourth-order valence-electron chi connectivity index (χ4n) is 4.16. The summed E-state index contributed by atoms with van der Waals surface area (Å²) in [6.45, 7) is 5.47. The molecule has 1 aliphatic heterocycles. The number of carbonyl (C=O) groups is 1. The van der Waals surface area contributed by atoms with E-state index < -0.39 is 0 Å². The van der Waals surface area contributed by atoms with Gasteiger partial charge in [0.1, 0.15) is 5.82 Å². The van der Waals surface area contributed by atoms with Crippen LogP contribution < -0.4 is 10.2 Å². The van der Waals surface area contributed by atoms with Gasteiger partial charge in [-0.3, -0.25) is 9.69 Å². The van der Waals surface area contributed by atoms with Gasteiger partial charge in [0, 0.05) is 51.4 Å². The Morgan fingerprint density at radius 1 is 0.844 bits per heavy atom. The SMILES string of the molecule is O=C(CCc1cccc(F)c1)NCc1ccccc1CN1CCN(c2ccccc2)CC1. The Labute approximate surface area is 189 Å². The van der Waals surface area contributed by atoms with Crippen LogP contribution in [0.3, 0.4) is 0 Å². The second-order valence-corrected chi connectivity index (χ2v) is 8.27. The van der Waals surface area contributed by atoms with Crippen LogP contribution in [0, 0.1) is 5.82 Å². The molecule has 5 heteroatoms. The van der Waals surface area contributed by atoms with E-state index in [4.69, 9.17) is 0 Å². The predicted octanol–water partition coefficient (Wildman–Crippen LogP) is 4.40. The van der Waals surface area contributed by atoms with Crippen molar-refractivity contribution in [3.63, 3.8) is 0 Å². The first-order valence-corrected chi connectivity index (χ1v) is 11.3. The van der Waals surface area contributed by atoms with Gasteiger partial charge in [0.25, 0.3) is 0 Å². The minimum atomic E-state index is -0.263. The molecule has 0 aromatic heterocycles. The van der Waals surface area contributed by atoms with Crippen molar-refractivity contribution >= 4 is 11.6 Å². The number of rotatable bonds is 8. The summed E-state index contributed by atoms with van der Waals surface area (Å²) in [5.74, 6) is -0.276. The zero-order chi connectivity index (χ0) is 22.2. The van der Waals surface area contributed by atoms with Crippen molar-refractivity contribution in [3.05, 3.63) is 101 Å². The van der Waals surface area contributed by atoms with Crippen molar-refractivity contribution in [1.82, 2.24) is 10.2 Å². The predicted molar refractivity (Wildman–Crippen MR) is 127 cm³/mol. The molecule has 1 saturated heterocycles. The molecule has 0 bridgehead atoms. The van der Waals surface area contributed by atoms with Crippen molar-refractivity contribution in [2.75, 3.05) is 31.1 Å². The van der Waals surface area contributed by atoms with E-state index in [2.05, 4.69) is 63.6 Å². The lowest BCUT2D eigenvalue weighted by Crippen LogP contribution is -2.46. The maximum absolute atomic E-state index is 13.3. The fraction of sp³-hybridized carbons (Fsp3) is 0.296. The molecule has 1 heterocycles. The van der Waals surface area contributed by atoms with Gasteiger partial charge in [-0.05, 0) is 47.4 Å². The minimum absolute atomic E-state index is 0.0134. The van der Waals surface area contributed by atoms with Gasteiger partial charge in [-0.25, -0.2) is 4.39 Å². The number of nitrogens with one attached hydrogen (secondary N) is 1. The summed E-state index contributed by atoms with van der Waals surface area (Å²) in [5, 5.41) is 3.03. The molecular formula is C27H30FN3O. The first-order valence-electron chi connectivity index (χ1n) is 11.3. The Morgan fingerprint density at radius 3 is 2.31 bits per heavy atom.